The minimum atomic E-state index is -0.0601. The number of pyridine rings is 1. The smallest absolute Gasteiger partial charge is 0.256 e. The van der Waals surface area contributed by atoms with Gasteiger partial charge in [0.25, 0.3) is 5.91 Å². The Hall–Kier alpha value is -3.50. The fraction of sp³-hybridized carbons (Fsp3) is 0.214. The Morgan fingerprint density at radius 3 is 2.62 bits per heavy atom. The van der Waals surface area contributed by atoms with Crippen LogP contribution < -0.4 is 5.32 Å². The van der Waals surface area contributed by atoms with Gasteiger partial charge >= 0.3 is 0 Å². The number of aryl methyl sites for hydroxylation is 2. The van der Waals surface area contributed by atoms with Crippen molar-refractivity contribution in [2.75, 3.05) is 11.9 Å². The molecule has 0 fully saturated rings. The van der Waals surface area contributed by atoms with Crippen molar-refractivity contribution < 1.29 is 4.79 Å². The van der Waals surface area contributed by atoms with Gasteiger partial charge in [0.1, 0.15) is 0 Å². The third-order valence-corrected chi connectivity index (χ3v) is 6.24. The Morgan fingerprint density at radius 1 is 1.00 bits per heavy atom. The molecule has 0 atom stereocenters. The number of hydrogen-bond donors (Lipinski definition) is 1. The molecule has 1 N–H and O–H groups in total. The standard InChI is InChI=1S/C28H27N3O/c1-19-12-13-20(2)26(16-19)30-28(32)27-22-10-6-7-11-24(22)29-25-14-15-31(18-23(25)27)17-21-8-4-3-5-9-21/h3-13,16H,14-15,17-18H2,1-2H3,(H,30,32). The normalized spacial score (nSPS) is 13.7. The molecule has 0 aliphatic carbocycles. The fourth-order valence-corrected chi connectivity index (χ4v) is 4.54. The predicted octanol–water partition coefficient (Wildman–Crippen LogP) is 5.66. The van der Waals surface area contributed by atoms with E-state index in [4.69, 9.17) is 4.98 Å². The molecule has 0 radical (unpaired) electrons. The molecular weight excluding hydrogens is 394 g/mol. The summed E-state index contributed by atoms with van der Waals surface area (Å²) < 4.78 is 0. The summed E-state index contributed by atoms with van der Waals surface area (Å²) in [6, 6.07) is 24.6. The van der Waals surface area contributed by atoms with Crippen LogP contribution in [0.15, 0.2) is 72.8 Å². The van der Waals surface area contributed by atoms with E-state index in [1.165, 1.54) is 5.56 Å². The van der Waals surface area contributed by atoms with Crippen LogP contribution in [0.1, 0.15) is 38.3 Å². The molecule has 1 aromatic heterocycles. The largest absolute Gasteiger partial charge is 0.322 e. The van der Waals surface area contributed by atoms with E-state index in [0.717, 1.165) is 70.6 Å². The van der Waals surface area contributed by atoms with E-state index in [2.05, 4.69) is 40.5 Å². The minimum absolute atomic E-state index is 0.0601. The highest BCUT2D eigenvalue weighted by Crippen LogP contribution is 2.30. The lowest BCUT2D eigenvalue weighted by Gasteiger charge is -2.30. The zero-order chi connectivity index (χ0) is 22.1. The highest BCUT2D eigenvalue weighted by atomic mass is 16.1. The van der Waals surface area contributed by atoms with E-state index in [0.29, 0.717) is 0 Å². The maximum Gasteiger partial charge on any atom is 0.256 e. The quantitative estimate of drug-likeness (QED) is 0.462. The summed E-state index contributed by atoms with van der Waals surface area (Å²) in [5, 5.41) is 4.10. The molecule has 0 saturated carbocycles. The molecular formula is C28H27N3O. The Morgan fingerprint density at radius 2 is 1.78 bits per heavy atom. The summed E-state index contributed by atoms with van der Waals surface area (Å²) in [5.41, 5.74) is 8.06. The average molecular weight is 422 g/mol. The molecule has 0 saturated heterocycles. The number of rotatable bonds is 4. The van der Waals surface area contributed by atoms with Crippen molar-refractivity contribution in [3.05, 3.63) is 106 Å². The van der Waals surface area contributed by atoms with Gasteiger partial charge in [0.2, 0.25) is 0 Å². The molecule has 4 nitrogen and oxygen atoms in total. The van der Waals surface area contributed by atoms with Crippen LogP contribution in [0.25, 0.3) is 10.9 Å². The lowest BCUT2D eigenvalue weighted by molar-refractivity contribution is 0.102. The molecule has 0 spiro atoms. The Balaban J connectivity index is 1.55. The third kappa shape index (κ3) is 4.02. The van der Waals surface area contributed by atoms with Crippen molar-refractivity contribution in [1.82, 2.24) is 9.88 Å². The summed E-state index contributed by atoms with van der Waals surface area (Å²) >= 11 is 0. The lowest BCUT2D eigenvalue weighted by atomic mass is 9.94. The van der Waals surface area contributed by atoms with E-state index in [1.807, 2.05) is 56.3 Å². The molecule has 0 unspecified atom stereocenters. The molecule has 1 amide bonds. The zero-order valence-electron chi connectivity index (χ0n) is 18.6. The molecule has 3 aromatic carbocycles. The van der Waals surface area contributed by atoms with Crippen LogP contribution in [-0.4, -0.2) is 22.3 Å². The first-order valence-corrected chi connectivity index (χ1v) is 11.1. The van der Waals surface area contributed by atoms with Gasteiger partial charge in [-0.3, -0.25) is 14.7 Å². The van der Waals surface area contributed by atoms with Crippen molar-refractivity contribution >= 4 is 22.5 Å². The number of benzene rings is 3. The van der Waals surface area contributed by atoms with Crippen molar-refractivity contribution in [2.24, 2.45) is 0 Å². The molecule has 4 aromatic rings. The van der Waals surface area contributed by atoms with Gasteiger partial charge in [0.05, 0.1) is 11.1 Å². The van der Waals surface area contributed by atoms with E-state index in [9.17, 15) is 4.79 Å². The molecule has 1 aliphatic rings. The number of carbonyl (C=O) groups excluding carboxylic acids is 1. The SMILES string of the molecule is Cc1ccc(C)c(NC(=O)c2c3c(nc4ccccc24)CCN(Cc2ccccc2)C3)c1. The molecule has 2 heterocycles. The molecule has 5 rings (SSSR count). The van der Waals surface area contributed by atoms with Gasteiger partial charge in [-0.05, 0) is 42.7 Å². The highest BCUT2D eigenvalue weighted by Gasteiger charge is 2.26. The summed E-state index contributed by atoms with van der Waals surface area (Å²) in [4.78, 5) is 21.0. The molecule has 0 bridgehead atoms. The number of para-hydroxylation sites is 1. The topological polar surface area (TPSA) is 45.2 Å². The first-order valence-electron chi connectivity index (χ1n) is 11.1. The van der Waals surface area contributed by atoms with E-state index in [-0.39, 0.29) is 5.91 Å². The monoisotopic (exact) mass is 421 g/mol. The van der Waals surface area contributed by atoms with E-state index >= 15 is 0 Å². The van der Waals surface area contributed by atoms with E-state index in [1.54, 1.807) is 0 Å². The maximum absolute atomic E-state index is 13.7. The lowest BCUT2D eigenvalue weighted by Crippen LogP contribution is -2.33. The predicted molar refractivity (Wildman–Crippen MR) is 130 cm³/mol. The summed E-state index contributed by atoms with van der Waals surface area (Å²) in [6.45, 7) is 6.59. The number of fused-ring (bicyclic) bond motifs is 2. The second-order valence-corrected chi connectivity index (χ2v) is 8.65. The molecule has 32 heavy (non-hydrogen) atoms. The van der Waals surface area contributed by atoms with Crippen LogP contribution in [0.4, 0.5) is 5.69 Å². The number of amides is 1. The van der Waals surface area contributed by atoms with Gasteiger partial charge in [0.15, 0.2) is 0 Å². The van der Waals surface area contributed by atoms with Gasteiger partial charge in [-0.1, -0.05) is 60.7 Å². The summed E-state index contributed by atoms with van der Waals surface area (Å²) in [6.07, 6.45) is 0.844. The first kappa shape index (κ1) is 20.4. The number of carbonyl (C=O) groups is 1. The second kappa shape index (κ2) is 8.56. The molecule has 4 heteroatoms. The number of hydrogen-bond acceptors (Lipinski definition) is 3. The minimum Gasteiger partial charge on any atom is -0.322 e. The van der Waals surface area contributed by atoms with Crippen LogP contribution in [0, 0.1) is 13.8 Å². The summed E-state index contributed by atoms with van der Waals surface area (Å²) in [5.74, 6) is -0.0601. The van der Waals surface area contributed by atoms with Gasteiger partial charge in [-0.2, -0.15) is 0 Å². The zero-order valence-corrected chi connectivity index (χ0v) is 18.6. The van der Waals surface area contributed by atoms with Gasteiger partial charge in [0, 0.05) is 48.4 Å². The number of nitrogens with one attached hydrogen (secondary N) is 1. The third-order valence-electron chi connectivity index (χ3n) is 6.24. The molecule has 1 aliphatic heterocycles. The van der Waals surface area contributed by atoms with Crippen LogP contribution in [0.3, 0.4) is 0 Å². The van der Waals surface area contributed by atoms with Crippen molar-refractivity contribution in [3.8, 4) is 0 Å². The second-order valence-electron chi connectivity index (χ2n) is 8.65. The van der Waals surface area contributed by atoms with Crippen LogP contribution >= 0.6 is 0 Å². The van der Waals surface area contributed by atoms with Crippen LogP contribution in [0.2, 0.25) is 0 Å². The number of nitrogens with zero attached hydrogens (tertiary/aromatic N) is 2. The van der Waals surface area contributed by atoms with E-state index < -0.39 is 0 Å². The number of aromatic nitrogens is 1. The maximum atomic E-state index is 13.7. The van der Waals surface area contributed by atoms with Gasteiger partial charge in [-0.25, -0.2) is 0 Å². The Labute approximate surface area is 188 Å². The highest BCUT2D eigenvalue weighted by molar-refractivity contribution is 6.13. The van der Waals surface area contributed by atoms with Crippen LogP contribution in [-0.2, 0) is 19.5 Å². The fourth-order valence-electron chi connectivity index (χ4n) is 4.54. The average Bonchev–Trinajstić information content (AvgIpc) is 2.80. The van der Waals surface area contributed by atoms with Gasteiger partial charge in [-0.15, -0.1) is 0 Å². The first-order chi connectivity index (χ1) is 15.6. The number of anilines is 1. The van der Waals surface area contributed by atoms with Crippen molar-refractivity contribution in [1.29, 1.82) is 0 Å². The Kier molecular flexibility index (Phi) is 5.46. The summed E-state index contributed by atoms with van der Waals surface area (Å²) in [7, 11) is 0. The van der Waals surface area contributed by atoms with Crippen LogP contribution in [0.5, 0.6) is 0 Å². The van der Waals surface area contributed by atoms with Crippen molar-refractivity contribution in [2.45, 2.75) is 33.4 Å². The van der Waals surface area contributed by atoms with Crippen molar-refractivity contribution in [3.63, 3.8) is 0 Å². The Bertz CT molecular complexity index is 1300. The van der Waals surface area contributed by atoms with Gasteiger partial charge < -0.3 is 5.32 Å². The molecule has 160 valence electrons.